The van der Waals surface area contributed by atoms with Gasteiger partial charge in [-0.2, -0.15) is 8.78 Å². The molecular formula is C19H16F2N2O3S. The van der Waals surface area contributed by atoms with E-state index in [-0.39, 0.29) is 28.4 Å². The first-order valence-electron chi connectivity index (χ1n) is 8.19. The Morgan fingerprint density at radius 2 is 1.81 bits per heavy atom. The van der Waals surface area contributed by atoms with Gasteiger partial charge in [0.25, 0.3) is 5.22 Å². The van der Waals surface area contributed by atoms with E-state index in [9.17, 15) is 13.6 Å². The number of ether oxygens (including phenoxy) is 1. The van der Waals surface area contributed by atoms with Crippen LogP contribution in [0.1, 0.15) is 22.8 Å². The molecule has 0 aliphatic heterocycles. The summed E-state index contributed by atoms with van der Waals surface area (Å²) in [4.78, 5) is 12.2. The molecule has 1 heterocycles. The molecule has 0 radical (unpaired) electrons. The number of thioether (sulfide) groups is 1. The van der Waals surface area contributed by atoms with Gasteiger partial charge in [-0.15, -0.1) is 10.2 Å². The molecule has 5 nitrogen and oxygen atoms in total. The van der Waals surface area contributed by atoms with Crippen LogP contribution in [0.25, 0.3) is 11.5 Å². The summed E-state index contributed by atoms with van der Waals surface area (Å²) in [5.41, 5.74) is 2.37. The molecule has 0 atom stereocenters. The maximum absolute atomic E-state index is 12.2. The number of ketones is 1. The van der Waals surface area contributed by atoms with E-state index < -0.39 is 6.61 Å². The zero-order valence-electron chi connectivity index (χ0n) is 14.4. The minimum Gasteiger partial charge on any atom is -0.435 e. The van der Waals surface area contributed by atoms with Crippen molar-refractivity contribution in [1.82, 2.24) is 10.2 Å². The maximum atomic E-state index is 12.2. The molecule has 8 heteroatoms. The number of aromatic nitrogens is 2. The van der Waals surface area contributed by atoms with Crippen molar-refractivity contribution in [2.45, 2.75) is 25.2 Å². The van der Waals surface area contributed by atoms with Gasteiger partial charge in [0.1, 0.15) is 5.75 Å². The fourth-order valence-corrected chi connectivity index (χ4v) is 2.96. The average molecular weight is 390 g/mol. The van der Waals surface area contributed by atoms with Crippen LogP contribution in [0.3, 0.4) is 0 Å². The number of Topliss-reactive ketones (excluding diaryl/α,β-unsaturated/α-hetero) is 1. The smallest absolute Gasteiger partial charge is 0.387 e. The molecular weight excluding hydrogens is 374 g/mol. The van der Waals surface area contributed by atoms with Gasteiger partial charge in [-0.05, 0) is 36.2 Å². The SMILES string of the molecule is CCc1ccc(C(=O)CSc2nnc(-c3ccc(OC(F)F)cc3)o2)cc1. The van der Waals surface area contributed by atoms with Gasteiger partial charge in [-0.25, -0.2) is 0 Å². The monoisotopic (exact) mass is 390 g/mol. The molecule has 0 saturated heterocycles. The van der Waals surface area contributed by atoms with Crippen molar-refractivity contribution in [2.75, 3.05) is 5.75 Å². The first-order chi connectivity index (χ1) is 13.0. The normalized spacial score (nSPS) is 11.0. The highest BCUT2D eigenvalue weighted by Crippen LogP contribution is 2.26. The predicted molar refractivity (Wildman–Crippen MR) is 97.2 cm³/mol. The lowest BCUT2D eigenvalue weighted by Gasteiger charge is -2.03. The van der Waals surface area contributed by atoms with Crippen LogP contribution < -0.4 is 4.74 Å². The van der Waals surface area contributed by atoms with Gasteiger partial charge < -0.3 is 9.15 Å². The summed E-state index contributed by atoms with van der Waals surface area (Å²) in [6.45, 7) is -0.822. The number of halogens is 2. The lowest BCUT2D eigenvalue weighted by Crippen LogP contribution is -2.02. The van der Waals surface area contributed by atoms with Crippen LogP contribution in [0.15, 0.2) is 58.2 Å². The molecule has 1 aromatic heterocycles. The second-order valence-electron chi connectivity index (χ2n) is 5.54. The van der Waals surface area contributed by atoms with Crippen LogP contribution in [-0.4, -0.2) is 28.3 Å². The number of alkyl halides is 2. The van der Waals surface area contributed by atoms with E-state index in [1.165, 1.54) is 17.7 Å². The molecule has 0 aliphatic rings. The number of benzene rings is 2. The predicted octanol–water partition coefficient (Wildman–Crippen LogP) is 4.88. The number of aryl methyl sites for hydroxylation is 1. The van der Waals surface area contributed by atoms with Gasteiger partial charge in [0, 0.05) is 11.1 Å². The molecule has 0 unspecified atom stereocenters. The Labute approximate surface area is 158 Å². The van der Waals surface area contributed by atoms with Crippen molar-refractivity contribution in [1.29, 1.82) is 0 Å². The number of hydrogen-bond acceptors (Lipinski definition) is 6. The van der Waals surface area contributed by atoms with Crippen molar-refractivity contribution >= 4 is 17.5 Å². The molecule has 0 spiro atoms. The Bertz CT molecular complexity index is 896. The van der Waals surface area contributed by atoms with Gasteiger partial charge in [0.05, 0.1) is 5.75 Å². The van der Waals surface area contributed by atoms with E-state index in [4.69, 9.17) is 4.42 Å². The Morgan fingerprint density at radius 3 is 2.44 bits per heavy atom. The summed E-state index contributed by atoms with van der Waals surface area (Å²) >= 11 is 1.15. The highest BCUT2D eigenvalue weighted by Gasteiger charge is 2.13. The number of rotatable bonds is 8. The van der Waals surface area contributed by atoms with Gasteiger partial charge in [0.15, 0.2) is 5.78 Å². The van der Waals surface area contributed by atoms with Gasteiger partial charge in [-0.3, -0.25) is 4.79 Å². The first-order valence-corrected chi connectivity index (χ1v) is 9.17. The van der Waals surface area contributed by atoms with Gasteiger partial charge in [0.2, 0.25) is 5.89 Å². The van der Waals surface area contributed by atoms with Gasteiger partial charge >= 0.3 is 6.61 Å². The van der Waals surface area contributed by atoms with Crippen LogP contribution in [0.5, 0.6) is 5.75 Å². The van der Waals surface area contributed by atoms with Crippen LogP contribution in [0.2, 0.25) is 0 Å². The zero-order valence-corrected chi connectivity index (χ0v) is 15.2. The first kappa shape index (κ1) is 19.0. The largest absolute Gasteiger partial charge is 0.435 e. The minimum absolute atomic E-state index is 0.0316. The van der Waals surface area contributed by atoms with E-state index in [1.807, 2.05) is 24.3 Å². The number of nitrogens with zero attached hydrogens (tertiary/aromatic N) is 2. The van der Waals surface area contributed by atoms with Crippen molar-refractivity contribution in [2.24, 2.45) is 0 Å². The molecule has 0 N–H and O–H groups in total. The Balaban J connectivity index is 1.59. The summed E-state index contributed by atoms with van der Waals surface area (Å²) in [6, 6.07) is 13.4. The summed E-state index contributed by atoms with van der Waals surface area (Å²) in [5.74, 6) is 0.424. The van der Waals surface area contributed by atoms with Crippen LogP contribution in [0.4, 0.5) is 8.78 Å². The third kappa shape index (κ3) is 5.13. The Morgan fingerprint density at radius 1 is 1.11 bits per heavy atom. The molecule has 0 bridgehead atoms. The summed E-state index contributed by atoms with van der Waals surface area (Å²) in [7, 11) is 0. The Kier molecular flexibility index (Phi) is 6.18. The third-order valence-electron chi connectivity index (χ3n) is 3.74. The van der Waals surface area contributed by atoms with E-state index in [0.29, 0.717) is 11.1 Å². The quantitative estimate of drug-likeness (QED) is 0.404. The highest BCUT2D eigenvalue weighted by molar-refractivity contribution is 7.99. The van der Waals surface area contributed by atoms with Gasteiger partial charge in [-0.1, -0.05) is 43.0 Å². The molecule has 3 rings (SSSR count). The summed E-state index contributed by atoms with van der Waals surface area (Å²) in [5, 5.41) is 8.07. The fourth-order valence-electron chi connectivity index (χ4n) is 2.30. The lowest BCUT2D eigenvalue weighted by molar-refractivity contribution is -0.0498. The van der Waals surface area contributed by atoms with Crippen LogP contribution in [-0.2, 0) is 6.42 Å². The van der Waals surface area contributed by atoms with Crippen molar-refractivity contribution < 1.29 is 22.7 Å². The molecule has 0 fully saturated rings. The molecule has 0 amide bonds. The average Bonchev–Trinajstić information content (AvgIpc) is 3.15. The topological polar surface area (TPSA) is 65.2 Å². The molecule has 3 aromatic rings. The molecule has 27 heavy (non-hydrogen) atoms. The van der Waals surface area contributed by atoms with E-state index in [2.05, 4.69) is 21.9 Å². The minimum atomic E-state index is -2.88. The highest BCUT2D eigenvalue weighted by atomic mass is 32.2. The third-order valence-corrected chi connectivity index (χ3v) is 4.56. The zero-order chi connectivity index (χ0) is 19.2. The van der Waals surface area contributed by atoms with Crippen molar-refractivity contribution in [3.63, 3.8) is 0 Å². The fraction of sp³-hybridized carbons (Fsp3) is 0.211. The maximum Gasteiger partial charge on any atom is 0.387 e. The second kappa shape index (κ2) is 8.77. The molecule has 2 aromatic carbocycles. The van der Waals surface area contributed by atoms with Crippen LogP contribution in [0, 0.1) is 0 Å². The second-order valence-corrected chi connectivity index (χ2v) is 6.46. The molecule has 0 aliphatic carbocycles. The molecule has 0 saturated carbocycles. The van der Waals surface area contributed by atoms with Crippen LogP contribution >= 0.6 is 11.8 Å². The summed E-state index contributed by atoms with van der Waals surface area (Å²) < 4.78 is 34.1. The van der Waals surface area contributed by atoms with E-state index in [0.717, 1.165) is 18.2 Å². The van der Waals surface area contributed by atoms with E-state index in [1.54, 1.807) is 12.1 Å². The van der Waals surface area contributed by atoms with Crippen molar-refractivity contribution in [3.8, 4) is 17.2 Å². The van der Waals surface area contributed by atoms with Crippen molar-refractivity contribution in [3.05, 3.63) is 59.7 Å². The molecule has 140 valence electrons. The number of carbonyl (C=O) groups is 1. The lowest BCUT2D eigenvalue weighted by atomic mass is 10.1. The van der Waals surface area contributed by atoms with E-state index >= 15 is 0 Å². The standard InChI is InChI=1S/C19H16F2N2O3S/c1-2-12-3-5-13(6-4-12)16(24)11-27-19-23-22-17(26-19)14-7-9-15(10-8-14)25-18(20)21/h3-10,18H,2,11H2,1H3. The Hall–Kier alpha value is -2.74. The number of hydrogen-bond donors (Lipinski definition) is 0. The number of carbonyl (C=O) groups excluding carboxylic acids is 1. The summed E-state index contributed by atoms with van der Waals surface area (Å²) in [6.07, 6.45) is 0.920.